The first-order chi connectivity index (χ1) is 12.6. The van der Waals surface area contributed by atoms with Gasteiger partial charge in [0.15, 0.2) is 0 Å². The van der Waals surface area contributed by atoms with Crippen molar-refractivity contribution in [2.75, 3.05) is 18.5 Å². The summed E-state index contributed by atoms with van der Waals surface area (Å²) in [6, 6.07) is 6.89. The van der Waals surface area contributed by atoms with Crippen LogP contribution in [-0.2, 0) is 14.3 Å². The molecule has 0 spiro atoms. The molecule has 1 heterocycles. The van der Waals surface area contributed by atoms with Gasteiger partial charge in [-0.2, -0.15) is 0 Å². The topological polar surface area (TPSA) is 96.5 Å². The van der Waals surface area contributed by atoms with Gasteiger partial charge in [-0.3, -0.25) is 14.4 Å². The molecule has 1 aromatic rings. The van der Waals surface area contributed by atoms with Gasteiger partial charge in [0, 0.05) is 19.2 Å². The van der Waals surface area contributed by atoms with Crippen LogP contribution in [0.5, 0.6) is 0 Å². The first-order valence-electron chi connectivity index (χ1n) is 9.24. The van der Waals surface area contributed by atoms with Crippen molar-refractivity contribution in [1.29, 1.82) is 0 Å². The Morgan fingerprint density at radius 2 is 1.77 bits per heavy atom. The quantitative estimate of drug-likeness (QED) is 0.696. The minimum absolute atomic E-state index is 0.0313. The Kier molecular flexibility index (Phi) is 6.22. The van der Waals surface area contributed by atoms with Gasteiger partial charge >= 0.3 is 11.8 Å². The van der Waals surface area contributed by atoms with Crippen LogP contribution < -0.4 is 16.0 Å². The lowest BCUT2D eigenvalue weighted by atomic mass is 10.1. The van der Waals surface area contributed by atoms with Gasteiger partial charge in [0.1, 0.15) is 0 Å². The van der Waals surface area contributed by atoms with Crippen LogP contribution in [0.4, 0.5) is 5.69 Å². The van der Waals surface area contributed by atoms with Gasteiger partial charge in [0.2, 0.25) is 0 Å². The summed E-state index contributed by atoms with van der Waals surface area (Å²) in [6.45, 7) is 1.01. The second kappa shape index (κ2) is 8.80. The first-order valence-corrected chi connectivity index (χ1v) is 9.24. The number of hydrogen-bond acceptors (Lipinski definition) is 4. The number of benzene rings is 1. The molecular formula is C19H25N3O4. The maximum absolute atomic E-state index is 12.5. The Hall–Kier alpha value is -2.41. The van der Waals surface area contributed by atoms with Crippen molar-refractivity contribution < 1.29 is 19.1 Å². The van der Waals surface area contributed by atoms with Gasteiger partial charge in [0.25, 0.3) is 5.91 Å². The molecule has 140 valence electrons. The summed E-state index contributed by atoms with van der Waals surface area (Å²) in [5, 5.41) is 8.11. The molecular weight excluding hydrogens is 334 g/mol. The van der Waals surface area contributed by atoms with E-state index < -0.39 is 11.8 Å². The lowest BCUT2D eigenvalue weighted by molar-refractivity contribution is -0.136. The van der Waals surface area contributed by atoms with E-state index >= 15 is 0 Å². The van der Waals surface area contributed by atoms with Gasteiger partial charge < -0.3 is 20.7 Å². The lowest BCUT2D eigenvalue weighted by Gasteiger charge is -2.15. The molecule has 3 amide bonds. The third-order valence-electron chi connectivity index (χ3n) is 4.83. The fraction of sp³-hybridized carbons (Fsp3) is 0.526. The smallest absolute Gasteiger partial charge is 0.313 e. The molecule has 0 radical (unpaired) electrons. The molecule has 2 aliphatic rings. The van der Waals surface area contributed by atoms with E-state index in [2.05, 4.69) is 16.0 Å². The molecule has 3 rings (SSSR count). The fourth-order valence-corrected chi connectivity index (χ4v) is 3.39. The number of nitrogens with one attached hydrogen (secondary N) is 3. The van der Waals surface area contributed by atoms with E-state index in [9.17, 15) is 14.4 Å². The molecule has 2 fully saturated rings. The molecule has 1 aromatic carbocycles. The highest BCUT2D eigenvalue weighted by atomic mass is 16.5. The van der Waals surface area contributed by atoms with Crippen LogP contribution in [0.15, 0.2) is 24.3 Å². The molecule has 0 aromatic heterocycles. The Balaban J connectivity index is 1.56. The van der Waals surface area contributed by atoms with Gasteiger partial charge in [-0.05, 0) is 37.8 Å². The minimum Gasteiger partial charge on any atom is -0.376 e. The second-order valence-electron chi connectivity index (χ2n) is 6.80. The van der Waals surface area contributed by atoms with E-state index in [1.807, 2.05) is 0 Å². The number of anilines is 1. The van der Waals surface area contributed by atoms with E-state index in [0.717, 1.165) is 38.5 Å². The normalized spacial score (nSPS) is 19.9. The molecule has 7 nitrogen and oxygen atoms in total. The molecule has 1 atom stereocenters. The third-order valence-corrected chi connectivity index (χ3v) is 4.83. The van der Waals surface area contributed by atoms with Crippen molar-refractivity contribution in [3.8, 4) is 0 Å². The highest BCUT2D eigenvalue weighted by Gasteiger charge is 2.22. The first kappa shape index (κ1) is 18.4. The van der Waals surface area contributed by atoms with Crippen LogP contribution in [0.25, 0.3) is 0 Å². The second-order valence-corrected chi connectivity index (χ2v) is 6.80. The van der Waals surface area contributed by atoms with E-state index in [4.69, 9.17) is 4.74 Å². The fourth-order valence-electron chi connectivity index (χ4n) is 3.39. The van der Waals surface area contributed by atoms with Crippen LogP contribution in [0.3, 0.4) is 0 Å². The number of carbonyl (C=O) groups excluding carboxylic acids is 3. The van der Waals surface area contributed by atoms with Crippen LogP contribution in [-0.4, -0.2) is 43.0 Å². The Labute approximate surface area is 152 Å². The average molecular weight is 359 g/mol. The Morgan fingerprint density at radius 3 is 2.50 bits per heavy atom. The van der Waals surface area contributed by atoms with E-state index in [1.54, 1.807) is 24.3 Å². The van der Waals surface area contributed by atoms with Gasteiger partial charge in [-0.15, -0.1) is 0 Å². The molecule has 26 heavy (non-hydrogen) atoms. The maximum atomic E-state index is 12.5. The largest absolute Gasteiger partial charge is 0.376 e. The zero-order valence-corrected chi connectivity index (χ0v) is 14.8. The average Bonchev–Trinajstić information content (AvgIpc) is 3.33. The molecule has 1 aliphatic carbocycles. The number of rotatable bonds is 5. The number of amides is 3. The van der Waals surface area contributed by atoms with Gasteiger partial charge in [0.05, 0.1) is 17.4 Å². The number of ether oxygens (including phenoxy) is 1. The standard InChI is InChI=1S/C19H25N3O4/c23-17(21-13-6-1-2-7-13)15-9-3-4-10-16(15)22-19(25)18(24)20-12-14-8-5-11-26-14/h3-4,9-10,13-14H,1-2,5-8,11-12H2,(H,20,24)(H,21,23)(H,22,25)/t14-/m1/s1. The Bertz CT molecular complexity index is 665. The van der Waals surface area contributed by atoms with Crippen LogP contribution >= 0.6 is 0 Å². The lowest BCUT2D eigenvalue weighted by Crippen LogP contribution is -2.40. The predicted octanol–water partition coefficient (Wildman–Crippen LogP) is 1.59. The molecule has 1 aliphatic heterocycles. The number of carbonyl (C=O) groups is 3. The predicted molar refractivity (Wildman–Crippen MR) is 96.8 cm³/mol. The highest BCUT2D eigenvalue weighted by Crippen LogP contribution is 2.20. The van der Waals surface area contributed by atoms with Gasteiger partial charge in [-0.1, -0.05) is 25.0 Å². The zero-order chi connectivity index (χ0) is 18.4. The van der Waals surface area contributed by atoms with E-state index in [-0.39, 0.29) is 18.1 Å². The van der Waals surface area contributed by atoms with Crippen molar-refractivity contribution in [3.05, 3.63) is 29.8 Å². The van der Waals surface area contributed by atoms with Crippen LogP contribution in [0.2, 0.25) is 0 Å². The SMILES string of the molecule is O=C(NC[C@H]1CCCO1)C(=O)Nc1ccccc1C(=O)NC1CCCC1. The van der Waals surface area contributed by atoms with Crippen molar-refractivity contribution in [2.45, 2.75) is 50.7 Å². The zero-order valence-electron chi connectivity index (χ0n) is 14.8. The third kappa shape index (κ3) is 4.82. The van der Waals surface area contributed by atoms with Crippen molar-refractivity contribution in [1.82, 2.24) is 10.6 Å². The monoisotopic (exact) mass is 359 g/mol. The molecule has 1 saturated carbocycles. The summed E-state index contributed by atoms with van der Waals surface area (Å²) < 4.78 is 5.42. The molecule has 1 saturated heterocycles. The van der Waals surface area contributed by atoms with Crippen LogP contribution in [0, 0.1) is 0 Å². The van der Waals surface area contributed by atoms with Gasteiger partial charge in [-0.25, -0.2) is 0 Å². The summed E-state index contributed by atoms with van der Waals surface area (Å²) in [5.41, 5.74) is 0.694. The van der Waals surface area contributed by atoms with E-state index in [1.165, 1.54) is 0 Å². The summed E-state index contributed by atoms with van der Waals surface area (Å²) >= 11 is 0. The summed E-state index contributed by atoms with van der Waals surface area (Å²) in [4.78, 5) is 36.6. The number of para-hydroxylation sites is 1. The Morgan fingerprint density at radius 1 is 1.00 bits per heavy atom. The molecule has 0 bridgehead atoms. The van der Waals surface area contributed by atoms with Crippen LogP contribution in [0.1, 0.15) is 48.9 Å². The summed E-state index contributed by atoms with van der Waals surface area (Å²) in [7, 11) is 0. The summed E-state index contributed by atoms with van der Waals surface area (Å²) in [5.74, 6) is -1.75. The number of hydrogen-bond donors (Lipinski definition) is 3. The van der Waals surface area contributed by atoms with Crippen molar-refractivity contribution in [2.24, 2.45) is 0 Å². The van der Waals surface area contributed by atoms with E-state index in [0.29, 0.717) is 24.4 Å². The van der Waals surface area contributed by atoms with Crippen molar-refractivity contribution >= 4 is 23.4 Å². The maximum Gasteiger partial charge on any atom is 0.313 e. The molecule has 3 N–H and O–H groups in total. The molecule has 7 heteroatoms. The van der Waals surface area contributed by atoms with Crippen molar-refractivity contribution in [3.63, 3.8) is 0 Å². The summed E-state index contributed by atoms with van der Waals surface area (Å²) in [6.07, 6.45) is 6.01. The minimum atomic E-state index is -0.788. The molecule has 0 unspecified atom stereocenters. The highest BCUT2D eigenvalue weighted by molar-refractivity contribution is 6.40.